The molecule has 7 heteroatoms. The van der Waals surface area contributed by atoms with E-state index in [0.717, 1.165) is 11.3 Å². The van der Waals surface area contributed by atoms with E-state index in [1.807, 2.05) is 24.3 Å². The van der Waals surface area contributed by atoms with Gasteiger partial charge in [0.15, 0.2) is 0 Å². The van der Waals surface area contributed by atoms with Crippen LogP contribution < -0.4 is 9.46 Å². The van der Waals surface area contributed by atoms with Gasteiger partial charge in [0, 0.05) is 12.0 Å². The minimum absolute atomic E-state index is 0.0660. The summed E-state index contributed by atoms with van der Waals surface area (Å²) >= 11 is 0. The predicted octanol–water partition coefficient (Wildman–Crippen LogP) is 3.07. The van der Waals surface area contributed by atoms with E-state index in [-0.39, 0.29) is 10.9 Å². The van der Waals surface area contributed by atoms with Gasteiger partial charge in [-0.1, -0.05) is 36.4 Å². The van der Waals surface area contributed by atoms with Crippen LogP contribution >= 0.6 is 0 Å². The van der Waals surface area contributed by atoms with Crippen molar-refractivity contribution in [2.24, 2.45) is 0 Å². The van der Waals surface area contributed by atoms with Crippen LogP contribution in [0.25, 0.3) is 0 Å². The number of aromatic nitrogens is 1. The number of rotatable bonds is 6. The van der Waals surface area contributed by atoms with Crippen LogP contribution in [-0.2, 0) is 16.4 Å². The number of anilines is 1. The second-order valence-electron chi connectivity index (χ2n) is 5.04. The highest BCUT2D eigenvalue weighted by atomic mass is 32.2. The fraction of sp³-hybridized carbons (Fsp3) is 0.118. The maximum Gasteiger partial charge on any atom is 0.309 e. The Kier molecular flexibility index (Phi) is 4.52. The third kappa shape index (κ3) is 3.57. The summed E-state index contributed by atoms with van der Waals surface area (Å²) in [6.07, 6.45) is 1.94. The zero-order valence-electron chi connectivity index (χ0n) is 13.0. The highest BCUT2D eigenvalue weighted by Crippen LogP contribution is 2.23. The quantitative estimate of drug-likeness (QED) is 0.743. The number of nitrogens with one attached hydrogen (secondary N) is 1. The lowest BCUT2D eigenvalue weighted by molar-refractivity contribution is 0.409. The maximum absolute atomic E-state index is 12.2. The molecule has 6 nitrogen and oxygen atoms in total. The number of hydrogen-bond donors (Lipinski definition) is 1. The second kappa shape index (κ2) is 6.76. The molecule has 0 spiro atoms. The van der Waals surface area contributed by atoms with Crippen LogP contribution in [0.15, 0.2) is 70.1 Å². The third-order valence-corrected chi connectivity index (χ3v) is 4.72. The molecule has 1 aromatic heterocycles. The molecule has 0 unspecified atom stereocenters. The Morgan fingerprint density at radius 1 is 1.08 bits per heavy atom. The van der Waals surface area contributed by atoms with Crippen molar-refractivity contribution < 1.29 is 17.6 Å². The lowest BCUT2D eigenvalue weighted by Gasteiger charge is -2.06. The Balaban J connectivity index is 1.77. The van der Waals surface area contributed by atoms with Gasteiger partial charge >= 0.3 is 6.01 Å². The van der Waals surface area contributed by atoms with Crippen LogP contribution in [0.1, 0.15) is 11.3 Å². The van der Waals surface area contributed by atoms with Crippen LogP contribution in [0.2, 0.25) is 0 Å². The Labute approximate surface area is 140 Å². The Bertz CT molecular complexity index is 921. The molecule has 1 heterocycles. The molecule has 0 saturated carbocycles. The molecule has 124 valence electrons. The van der Waals surface area contributed by atoms with E-state index in [1.54, 1.807) is 25.3 Å². The summed E-state index contributed by atoms with van der Waals surface area (Å²) in [4.78, 5) is 4.13. The molecule has 2 aromatic carbocycles. The summed E-state index contributed by atoms with van der Waals surface area (Å²) in [7, 11) is -2.12. The van der Waals surface area contributed by atoms with Crippen LogP contribution in [0, 0.1) is 0 Å². The molecule has 0 amide bonds. The number of ether oxygens (including phenoxy) is 1. The van der Waals surface area contributed by atoms with Gasteiger partial charge in [-0.25, -0.2) is 18.1 Å². The van der Waals surface area contributed by atoms with Gasteiger partial charge < -0.3 is 9.15 Å². The van der Waals surface area contributed by atoms with E-state index < -0.39 is 10.0 Å². The van der Waals surface area contributed by atoms with E-state index in [2.05, 4.69) is 9.71 Å². The maximum atomic E-state index is 12.2. The standard InChI is InChI=1S/C17H16N2O4S/c1-22-16-10-6-5-7-13(16)11-14-12-18-17(23-14)19-24(20,21)15-8-3-2-4-9-15/h2-10,12H,11H2,1H3,(H,18,19). The van der Waals surface area contributed by atoms with Crippen molar-refractivity contribution in [3.05, 3.63) is 72.1 Å². The fourth-order valence-corrected chi connectivity index (χ4v) is 3.20. The van der Waals surface area contributed by atoms with Gasteiger partial charge in [0.1, 0.15) is 11.5 Å². The first-order chi connectivity index (χ1) is 11.6. The van der Waals surface area contributed by atoms with Crippen molar-refractivity contribution in [3.63, 3.8) is 0 Å². The highest BCUT2D eigenvalue weighted by Gasteiger charge is 2.17. The van der Waals surface area contributed by atoms with Crippen molar-refractivity contribution in [2.45, 2.75) is 11.3 Å². The molecule has 0 atom stereocenters. The van der Waals surface area contributed by atoms with E-state index >= 15 is 0 Å². The van der Waals surface area contributed by atoms with Gasteiger partial charge in [0.25, 0.3) is 10.0 Å². The smallest absolute Gasteiger partial charge is 0.309 e. The number of methoxy groups -OCH3 is 1. The number of sulfonamides is 1. The van der Waals surface area contributed by atoms with Gasteiger partial charge in [-0.2, -0.15) is 0 Å². The lowest BCUT2D eigenvalue weighted by Crippen LogP contribution is -2.12. The van der Waals surface area contributed by atoms with Gasteiger partial charge in [-0.15, -0.1) is 0 Å². The lowest BCUT2D eigenvalue weighted by atomic mass is 10.1. The Morgan fingerprint density at radius 3 is 2.54 bits per heavy atom. The predicted molar refractivity (Wildman–Crippen MR) is 89.6 cm³/mol. The summed E-state index contributed by atoms with van der Waals surface area (Å²) in [5, 5.41) is 0. The first kappa shape index (κ1) is 16.1. The zero-order valence-corrected chi connectivity index (χ0v) is 13.8. The van der Waals surface area contributed by atoms with Crippen LogP contribution in [0.5, 0.6) is 5.75 Å². The SMILES string of the molecule is COc1ccccc1Cc1cnc(NS(=O)(=O)c2ccccc2)o1. The minimum atomic E-state index is -3.72. The fourth-order valence-electron chi connectivity index (χ4n) is 2.25. The molecule has 0 bridgehead atoms. The van der Waals surface area contributed by atoms with E-state index in [0.29, 0.717) is 12.2 Å². The van der Waals surface area contributed by atoms with Crippen LogP contribution in [0.3, 0.4) is 0 Å². The molecule has 0 aliphatic heterocycles. The number of hydrogen-bond acceptors (Lipinski definition) is 5. The summed E-state index contributed by atoms with van der Waals surface area (Å²) in [5.41, 5.74) is 0.925. The molecule has 0 aliphatic rings. The van der Waals surface area contributed by atoms with Crippen molar-refractivity contribution >= 4 is 16.0 Å². The molecule has 0 radical (unpaired) electrons. The third-order valence-electron chi connectivity index (χ3n) is 3.39. The van der Waals surface area contributed by atoms with Crippen molar-refractivity contribution in [3.8, 4) is 5.75 Å². The van der Waals surface area contributed by atoms with Gasteiger partial charge in [-0.3, -0.25) is 0 Å². The van der Waals surface area contributed by atoms with Crippen molar-refractivity contribution in [1.82, 2.24) is 4.98 Å². The largest absolute Gasteiger partial charge is 0.496 e. The van der Waals surface area contributed by atoms with Gasteiger partial charge in [0.05, 0.1) is 18.2 Å². The van der Waals surface area contributed by atoms with E-state index in [1.165, 1.54) is 18.3 Å². The van der Waals surface area contributed by atoms with Gasteiger partial charge in [-0.05, 0) is 18.2 Å². The first-order valence-corrected chi connectivity index (χ1v) is 8.71. The number of para-hydroxylation sites is 1. The summed E-state index contributed by atoms with van der Waals surface area (Å²) in [6.45, 7) is 0. The highest BCUT2D eigenvalue weighted by molar-refractivity contribution is 7.92. The molecule has 1 N–H and O–H groups in total. The Hall–Kier alpha value is -2.80. The van der Waals surface area contributed by atoms with E-state index in [9.17, 15) is 8.42 Å². The van der Waals surface area contributed by atoms with Crippen LogP contribution in [0.4, 0.5) is 6.01 Å². The van der Waals surface area contributed by atoms with Crippen molar-refractivity contribution in [1.29, 1.82) is 0 Å². The monoisotopic (exact) mass is 344 g/mol. The average molecular weight is 344 g/mol. The topological polar surface area (TPSA) is 81.4 Å². The number of oxazole rings is 1. The normalized spacial score (nSPS) is 11.2. The molecule has 3 aromatic rings. The zero-order chi connectivity index (χ0) is 17.0. The molecular weight excluding hydrogens is 328 g/mol. The Morgan fingerprint density at radius 2 is 1.79 bits per heavy atom. The molecule has 0 saturated heterocycles. The van der Waals surface area contributed by atoms with Gasteiger partial charge in [0.2, 0.25) is 0 Å². The van der Waals surface area contributed by atoms with Crippen LogP contribution in [-0.4, -0.2) is 20.5 Å². The average Bonchev–Trinajstić information content (AvgIpc) is 3.02. The molecule has 3 rings (SSSR count). The number of nitrogens with zero attached hydrogens (tertiary/aromatic N) is 1. The molecular formula is C17H16N2O4S. The van der Waals surface area contributed by atoms with Crippen molar-refractivity contribution in [2.75, 3.05) is 11.8 Å². The molecule has 0 aliphatic carbocycles. The summed E-state index contributed by atoms with van der Waals surface area (Å²) in [6, 6.07) is 15.5. The number of benzene rings is 2. The minimum Gasteiger partial charge on any atom is -0.496 e. The first-order valence-electron chi connectivity index (χ1n) is 7.23. The second-order valence-corrected chi connectivity index (χ2v) is 6.72. The summed E-state index contributed by atoms with van der Waals surface area (Å²) < 4.78 is 37.6. The summed E-state index contributed by atoms with van der Waals surface area (Å²) in [5.74, 6) is 1.27. The molecule has 0 fully saturated rings. The van der Waals surface area contributed by atoms with E-state index in [4.69, 9.17) is 9.15 Å². The molecule has 24 heavy (non-hydrogen) atoms.